The summed E-state index contributed by atoms with van der Waals surface area (Å²) in [5, 5.41) is 2.86. The SMILES string of the molecule is COC(=O)c1cccc(NC(=O)c2cc(N)c3c(c2)C(C)(C)CCC3(C)C)c1. The van der Waals surface area contributed by atoms with E-state index in [0.29, 0.717) is 22.5 Å². The van der Waals surface area contributed by atoms with Crippen molar-refractivity contribution >= 4 is 23.3 Å². The lowest BCUT2D eigenvalue weighted by Crippen LogP contribution is -2.35. The molecule has 1 amide bonds. The van der Waals surface area contributed by atoms with Crippen LogP contribution in [0.25, 0.3) is 0 Å². The van der Waals surface area contributed by atoms with E-state index in [-0.39, 0.29) is 16.7 Å². The number of carbonyl (C=O) groups excluding carboxylic acids is 2. The fourth-order valence-corrected chi connectivity index (χ4v) is 4.01. The van der Waals surface area contributed by atoms with Crippen molar-refractivity contribution in [3.63, 3.8) is 0 Å². The number of esters is 1. The Balaban J connectivity index is 1.96. The van der Waals surface area contributed by atoms with Crippen LogP contribution in [0.15, 0.2) is 36.4 Å². The molecule has 2 aromatic carbocycles. The van der Waals surface area contributed by atoms with Gasteiger partial charge >= 0.3 is 5.97 Å². The number of carbonyl (C=O) groups is 2. The van der Waals surface area contributed by atoms with E-state index in [4.69, 9.17) is 10.5 Å². The molecule has 0 fully saturated rings. The van der Waals surface area contributed by atoms with Gasteiger partial charge in [-0.25, -0.2) is 4.79 Å². The number of amides is 1. The summed E-state index contributed by atoms with van der Waals surface area (Å²) >= 11 is 0. The minimum Gasteiger partial charge on any atom is -0.465 e. The zero-order chi connectivity index (χ0) is 20.7. The Morgan fingerprint density at radius 1 is 1.00 bits per heavy atom. The van der Waals surface area contributed by atoms with Crippen molar-refractivity contribution in [3.05, 3.63) is 58.7 Å². The maximum atomic E-state index is 12.9. The van der Waals surface area contributed by atoms with Crippen molar-refractivity contribution in [2.45, 2.75) is 51.4 Å². The van der Waals surface area contributed by atoms with Crippen molar-refractivity contribution < 1.29 is 14.3 Å². The summed E-state index contributed by atoms with van der Waals surface area (Å²) in [6, 6.07) is 10.4. The summed E-state index contributed by atoms with van der Waals surface area (Å²) in [5.74, 6) is -0.700. The molecule has 0 spiro atoms. The Kier molecular flexibility index (Phi) is 4.96. The van der Waals surface area contributed by atoms with Crippen molar-refractivity contribution in [3.8, 4) is 0 Å². The van der Waals surface area contributed by atoms with Crippen molar-refractivity contribution in [2.24, 2.45) is 0 Å². The van der Waals surface area contributed by atoms with Crippen molar-refractivity contribution in [1.82, 2.24) is 0 Å². The summed E-state index contributed by atoms with van der Waals surface area (Å²) in [6.07, 6.45) is 2.10. The molecule has 5 nitrogen and oxygen atoms in total. The normalized spacial score (nSPS) is 16.8. The van der Waals surface area contributed by atoms with Crippen molar-refractivity contribution in [2.75, 3.05) is 18.2 Å². The summed E-state index contributed by atoms with van der Waals surface area (Å²) in [7, 11) is 1.33. The van der Waals surface area contributed by atoms with E-state index in [9.17, 15) is 9.59 Å². The van der Waals surface area contributed by atoms with E-state index >= 15 is 0 Å². The average Bonchev–Trinajstić information content (AvgIpc) is 2.64. The second-order valence-corrected chi connectivity index (χ2v) is 8.78. The number of methoxy groups -OCH3 is 1. The highest BCUT2D eigenvalue weighted by Gasteiger charge is 2.39. The largest absolute Gasteiger partial charge is 0.465 e. The molecule has 2 aromatic rings. The number of benzene rings is 2. The molecule has 0 bridgehead atoms. The molecule has 0 atom stereocenters. The number of anilines is 2. The van der Waals surface area contributed by atoms with Gasteiger partial charge in [-0.05, 0) is 65.1 Å². The Labute approximate surface area is 166 Å². The lowest BCUT2D eigenvalue weighted by Gasteiger charge is -2.42. The summed E-state index contributed by atoms with van der Waals surface area (Å²) in [4.78, 5) is 24.6. The van der Waals surface area contributed by atoms with Gasteiger partial charge in [0, 0.05) is 16.9 Å². The van der Waals surface area contributed by atoms with Crippen LogP contribution in [0.3, 0.4) is 0 Å². The molecular formula is C23H28N2O3. The van der Waals surface area contributed by atoms with Crippen LogP contribution >= 0.6 is 0 Å². The maximum Gasteiger partial charge on any atom is 0.337 e. The number of hydrogen-bond acceptors (Lipinski definition) is 4. The van der Waals surface area contributed by atoms with Crippen LogP contribution in [0, 0.1) is 0 Å². The molecule has 0 unspecified atom stereocenters. The second-order valence-electron chi connectivity index (χ2n) is 8.78. The second kappa shape index (κ2) is 6.97. The average molecular weight is 380 g/mol. The highest BCUT2D eigenvalue weighted by atomic mass is 16.5. The van der Waals surface area contributed by atoms with Gasteiger partial charge in [0.15, 0.2) is 0 Å². The zero-order valence-corrected chi connectivity index (χ0v) is 17.2. The maximum absolute atomic E-state index is 12.9. The number of rotatable bonds is 3. The van der Waals surface area contributed by atoms with Gasteiger partial charge in [-0.1, -0.05) is 33.8 Å². The molecule has 0 aliphatic heterocycles. The smallest absolute Gasteiger partial charge is 0.337 e. The molecule has 3 rings (SSSR count). The monoisotopic (exact) mass is 380 g/mol. The molecular weight excluding hydrogens is 352 g/mol. The predicted molar refractivity (Wildman–Crippen MR) is 112 cm³/mol. The molecule has 28 heavy (non-hydrogen) atoms. The Hall–Kier alpha value is -2.82. The molecule has 3 N–H and O–H groups in total. The number of hydrogen-bond donors (Lipinski definition) is 2. The standard InChI is InChI=1S/C23H28N2O3/c1-22(2)9-10-23(3,4)19-17(22)12-15(13-18(19)24)20(26)25-16-8-6-7-14(11-16)21(27)28-5/h6-8,11-13H,9-10,24H2,1-5H3,(H,25,26). The van der Waals surface area contributed by atoms with E-state index in [2.05, 4.69) is 33.0 Å². The Morgan fingerprint density at radius 3 is 2.36 bits per heavy atom. The Bertz CT molecular complexity index is 945. The first-order chi connectivity index (χ1) is 13.0. The molecule has 1 aliphatic carbocycles. The molecule has 0 saturated heterocycles. The minimum atomic E-state index is -0.446. The van der Waals surface area contributed by atoms with Gasteiger partial charge in [0.05, 0.1) is 12.7 Å². The molecule has 0 aromatic heterocycles. The van der Waals surface area contributed by atoms with Crippen LogP contribution in [0.5, 0.6) is 0 Å². The van der Waals surface area contributed by atoms with E-state index in [1.54, 1.807) is 30.3 Å². The van der Waals surface area contributed by atoms with Crippen molar-refractivity contribution in [1.29, 1.82) is 0 Å². The minimum absolute atomic E-state index is 0.0151. The third-order valence-electron chi connectivity index (χ3n) is 5.75. The quantitative estimate of drug-likeness (QED) is 0.599. The topological polar surface area (TPSA) is 81.4 Å². The number of nitrogens with one attached hydrogen (secondary N) is 1. The molecule has 148 valence electrons. The summed E-state index contributed by atoms with van der Waals surface area (Å²) in [6.45, 7) is 8.80. The van der Waals surface area contributed by atoms with E-state index < -0.39 is 5.97 Å². The van der Waals surface area contributed by atoms with Gasteiger partial charge in [-0.3, -0.25) is 4.79 Å². The number of fused-ring (bicyclic) bond motifs is 1. The lowest BCUT2D eigenvalue weighted by atomic mass is 9.62. The highest BCUT2D eigenvalue weighted by Crippen LogP contribution is 2.48. The first-order valence-electron chi connectivity index (χ1n) is 9.49. The van der Waals surface area contributed by atoms with Gasteiger partial charge in [0.25, 0.3) is 5.91 Å². The van der Waals surface area contributed by atoms with Gasteiger partial charge in [-0.15, -0.1) is 0 Å². The highest BCUT2D eigenvalue weighted by molar-refractivity contribution is 6.05. The van der Waals surface area contributed by atoms with Crippen LogP contribution in [0.2, 0.25) is 0 Å². The third-order valence-corrected chi connectivity index (χ3v) is 5.75. The molecule has 5 heteroatoms. The third kappa shape index (κ3) is 3.61. The lowest BCUT2D eigenvalue weighted by molar-refractivity contribution is 0.0600. The van der Waals surface area contributed by atoms with Crippen LogP contribution < -0.4 is 11.1 Å². The van der Waals surface area contributed by atoms with Gasteiger partial charge in [-0.2, -0.15) is 0 Å². The Morgan fingerprint density at radius 2 is 1.68 bits per heavy atom. The molecule has 1 aliphatic rings. The predicted octanol–water partition coefficient (Wildman–Crippen LogP) is 4.66. The zero-order valence-electron chi connectivity index (χ0n) is 17.2. The molecule has 0 saturated carbocycles. The van der Waals surface area contributed by atoms with Crippen LogP contribution in [-0.2, 0) is 15.6 Å². The first kappa shape index (κ1) is 19.9. The first-order valence-corrected chi connectivity index (χ1v) is 9.49. The number of nitrogen functional groups attached to an aromatic ring is 1. The fourth-order valence-electron chi connectivity index (χ4n) is 4.01. The summed E-state index contributed by atoms with van der Waals surface area (Å²) < 4.78 is 4.73. The van der Waals surface area contributed by atoms with Gasteiger partial charge < -0.3 is 15.8 Å². The molecule has 0 heterocycles. The summed E-state index contributed by atoms with van der Waals surface area (Å²) in [5.41, 5.74) is 10.7. The molecule has 0 radical (unpaired) electrons. The number of ether oxygens (including phenoxy) is 1. The number of nitrogens with two attached hydrogens (primary N) is 1. The fraction of sp³-hybridized carbons (Fsp3) is 0.391. The van der Waals surface area contributed by atoms with E-state index in [0.717, 1.165) is 24.0 Å². The van der Waals surface area contributed by atoms with Gasteiger partial charge in [0.2, 0.25) is 0 Å². The van der Waals surface area contributed by atoms with E-state index in [1.165, 1.54) is 7.11 Å². The van der Waals surface area contributed by atoms with E-state index in [1.807, 2.05) is 6.07 Å². The van der Waals surface area contributed by atoms with Gasteiger partial charge in [0.1, 0.15) is 0 Å². The van der Waals surface area contributed by atoms with Crippen LogP contribution in [0.1, 0.15) is 72.4 Å². The van der Waals surface area contributed by atoms with Crippen LogP contribution in [0.4, 0.5) is 11.4 Å². The van der Waals surface area contributed by atoms with Crippen LogP contribution in [-0.4, -0.2) is 19.0 Å².